The Kier molecular flexibility index (Phi) is 5.48. The molecule has 0 aliphatic carbocycles. The number of aromatic nitrogens is 2. The van der Waals surface area contributed by atoms with Gasteiger partial charge in [-0.3, -0.25) is 0 Å². The van der Waals surface area contributed by atoms with E-state index in [0.717, 1.165) is 24.5 Å². The molecule has 0 fully saturated rings. The van der Waals surface area contributed by atoms with Crippen LogP contribution in [0.15, 0.2) is 42.7 Å². The Hall–Kier alpha value is -2.78. The number of hydrogen-bond acceptors (Lipinski definition) is 5. The second-order valence-electron chi connectivity index (χ2n) is 5.56. The summed E-state index contributed by atoms with van der Waals surface area (Å²) >= 11 is 11.3. The van der Waals surface area contributed by atoms with Gasteiger partial charge in [-0.25, -0.2) is 14.4 Å². The number of nitrogens with two attached hydrogens (primary N) is 1. The highest BCUT2D eigenvalue weighted by molar-refractivity contribution is 6.31. The van der Waals surface area contributed by atoms with Gasteiger partial charge in [0.2, 0.25) is 0 Å². The fourth-order valence-corrected chi connectivity index (χ4v) is 2.67. The number of nitrogens with one attached hydrogen (secondary N) is 2. The van der Waals surface area contributed by atoms with Gasteiger partial charge >= 0.3 is 6.18 Å². The molecular formula is C17H11Cl2F4N5. The molecule has 0 radical (unpaired) electrons. The first-order valence-electron chi connectivity index (χ1n) is 7.61. The fraction of sp³-hybridized carbons (Fsp3) is 0.0588. The molecule has 0 bridgehead atoms. The van der Waals surface area contributed by atoms with Crippen LogP contribution in [0.2, 0.25) is 10.0 Å². The Morgan fingerprint density at radius 1 is 0.857 bits per heavy atom. The quantitative estimate of drug-likeness (QED) is 0.441. The van der Waals surface area contributed by atoms with E-state index in [1.807, 2.05) is 0 Å². The van der Waals surface area contributed by atoms with Crippen LogP contribution in [0.25, 0.3) is 0 Å². The summed E-state index contributed by atoms with van der Waals surface area (Å²) in [4.78, 5) is 7.91. The van der Waals surface area contributed by atoms with E-state index in [9.17, 15) is 17.6 Å². The van der Waals surface area contributed by atoms with Gasteiger partial charge in [0.15, 0.2) is 11.6 Å². The van der Waals surface area contributed by atoms with Crippen molar-refractivity contribution in [3.8, 4) is 0 Å². The van der Waals surface area contributed by atoms with Crippen LogP contribution >= 0.6 is 23.2 Å². The minimum absolute atomic E-state index is 0.0338. The number of nitrogen functional groups attached to an aromatic ring is 1. The standard InChI is InChI=1S/C17H11Cl2F4N5/c18-11-3-1-8(5-10(11)17(21,22)23)27-15-14(24)16(26-7-25-15)28-9-2-4-13(20)12(19)6-9/h1-7H,24H2,(H2,25,26,27,28). The maximum absolute atomic E-state index is 13.3. The average Bonchev–Trinajstić information content (AvgIpc) is 2.62. The smallest absolute Gasteiger partial charge is 0.393 e. The molecule has 3 rings (SSSR count). The SMILES string of the molecule is Nc1c(Nc2ccc(F)c(Cl)c2)ncnc1Nc1ccc(Cl)c(C(F)(F)F)c1. The van der Waals surface area contributed by atoms with Crippen LogP contribution in [-0.2, 0) is 6.18 Å². The normalized spacial score (nSPS) is 11.4. The van der Waals surface area contributed by atoms with E-state index in [0.29, 0.717) is 5.69 Å². The fourth-order valence-electron chi connectivity index (χ4n) is 2.26. The van der Waals surface area contributed by atoms with Gasteiger partial charge in [-0.15, -0.1) is 0 Å². The predicted octanol–water partition coefficient (Wildman–Crippen LogP) is 6.01. The van der Waals surface area contributed by atoms with Crippen LogP contribution in [0.4, 0.5) is 46.3 Å². The third kappa shape index (κ3) is 4.37. The molecule has 5 nitrogen and oxygen atoms in total. The van der Waals surface area contributed by atoms with Crippen LogP contribution < -0.4 is 16.4 Å². The highest BCUT2D eigenvalue weighted by Gasteiger charge is 2.33. The lowest BCUT2D eigenvalue weighted by molar-refractivity contribution is -0.137. The highest BCUT2D eigenvalue weighted by atomic mass is 35.5. The molecule has 28 heavy (non-hydrogen) atoms. The Balaban J connectivity index is 1.88. The Morgan fingerprint density at radius 3 is 2.00 bits per heavy atom. The molecule has 4 N–H and O–H groups in total. The number of benzene rings is 2. The Bertz CT molecular complexity index is 1030. The van der Waals surface area contributed by atoms with E-state index in [2.05, 4.69) is 20.6 Å². The lowest BCUT2D eigenvalue weighted by Gasteiger charge is -2.14. The maximum atomic E-state index is 13.3. The van der Waals surface area contributed by atoms with Gasteiger partial charge in [0, 0.05) is 11.4 Å². The molecule has 1 aromatic heterocycles. The second kappa shape index (κ2) is 7.69. The van der Waals surface area contributed by atoms with E-state index >= 15 is 0 Å². The molecule has 3 aromatic rings. The molecule has 0 atom stereocenters. The molecule has 1 heterocycles. The molecule has 11 heteroatoms. The third-order valence-electron chi connectivity index (χ3n) is 3.60. The Labute approximate surface area is 166 Å². The van der Waals surface area contributed by atoms with Crippen molar-refractivity contribution < 1.29 is 17.6 Å². The summed E-state index contributed by atoms with van der Waals surface area (Å²) in [6.07, 6.45) is -3.45. The Morgan fingerprint density at radius 2 is 1.43 bits per heavy atom. The van der Waals surface area contributed by atoms with Gasteiger partial charge in [0.25, 0.3) is 0 Å². The topological polar surface area (TPSA) is 75.9 Å². The van der Waals surface area contributed by atoms with E-state index in [-0.39, 0.29) is 28.0 Å². The summed E-state index contributed by atoms with van der Waals surface area (Å²) in [5.74, 6) is -0.361. The van der Waals surface area contributed by atoms with E-state index in [1.165, 1.54) is 18.2 Å². The van der Waals surface area contributed by atoms with Gasteiger partial charge in [0.05, 0.1) is 15.6 Å². The largest absolute Gasteiger partial charge is 0.417 e. The van der Waals surface area contributed by atoms with Crippen LogP contribution in [0.3, 0.4) is 0 Å². The third-order valence-corrected chi connectivity index (χ3v) is 4.22. The van der Waals surface area contributed by atoms with Gasteiger partial charge in [-0.05, 0) is 36.4 Å². The summed E-state index contributed by atoms with van der Waals surface area (Å²) in [6, 6.07) is 7.23. The number of halogens is 6. The van der Waals surface area contributed by atoms with E-state index in [1.54, 1.807) is 0 Å². The van der Waals surface area contributed by atoms with Crippen molar-refractivity contribution in [2.45, 2.75) is 6.18 Å². The summed E-state index contributed by atoms with van der Waals surface area (Å²) in [5.41, 5.74) is 5.53. The molecule has 0 spiro atoms. The van der Waals surface area contributed by atoms with Crippen LogP contribution in [0.1, 0.15) is 5.56 Å². The molecular weight excluding hydrogens is 421 g/mol. The molecule has 0 aliphatic heterocycles. The van der Waals surface area contributed by atoms with Crippen LogP contribution in [0.5, 0.6) is 0 Å². The van der Waals surface area contributed by atoms with Crippen molar-refractivity contribution in [2.75, 3.05) is 16.4 Å². The zero-order valence-electron chi connectivity index (χ0n) is 13.8. The first-order valence-corrected chi connectivity index (χ1v) is 8.37. The summed E-state index contributed by atoms with van der Waals surface area (Å²) in [7, 11) is 0. The lowest BCUT2D eigenvalue weighted by Crippen LogP contribution is -2.08. The summed E-state index contributed by atoms with van der Waals surface area (Å²) in [5, 5.41) is 5.01. The van der Waals surface area contributed by atoms with E-state index in [4.69, 9.17) is 28.9 Å². The van der Waals surface area contributed by atoms with Crippen molar-refractivity contribution in [2.24, 2.45) is 0 Å². The lowest BCUT2D eigenvalue weighted by atomic mass is 10.2. The van der Waals surface area contributed by atoms with Crippen molar-refractivity contribution in [1.29, 1.82) is 0 Å². The number of alkyl halides is 3. The van der Waals surface area contributed by atoms with Crippen molar-refractivity contribution in [1.82, 2.24) is 9.97 Å². The summed E-state index contributed by atoms with van der Waals surface area (Å²) < 4.78 is 52.3. The van der Waals surface area contributed by atoms with E-state index < -0.39 is 22.6 Å². The predicted molar refractivity (Wildman–Crippen MR) is 101 cm³/mol. The average molecular weight is 432 g/mol. The molecule has 0 unspecified atom stereocenters. The number of nitrogens with zero attached hydrogens (tertiary/aromatic N) is 2. The molecule has 146 valence electrons. The minimum atomic E-state index is -4.61. The molecule has 2 aromatic carbocycles. The zero-order chi connectivity index (χ0) is 20.5. The van der Waals surface area contributed by atoms with Gasteiger partial charge in [-0.2, -0.15) is 13.2 Å². The van der Waals surface area contributed by atoms with Gasteiger partial charge in [-0.1, -0.05) is 23.2 Å². The van der Waals surface area contributed by atoms with Crippen LogP contribution in [-0.4, -0.2) is 9.97 Å². The van der Waals surface area contributed by atoms with Crippen molar-refractivity contribution in [3.05, 3.63) is 64.2 Å². The van der Waals surface area contributed by atoms with Gasteiger partial charge < -0.3 is 16.4 Å². The van der Waals surface area contributed by atoms with Crippen LogP contribution in [0, 0.1) is 5.82 Å². The first-order chi connectivity index (χ1) is 13.1. The van der Waals surface area contributed by atoms with Crippen molar-refractivity contribution in [3.63, 3.8) is 0 Å². The number of hydrogen-bond donors (Lipinski definition) is 3. The number of rotatable bonds is 4. The molecule has 0 amide bonds. The van der Waals surface area contributed by atoms with Crippen molar-refractivity contribution >= 4 is 51.9 Å². The molecule has 0 saturated carbocycles. The zero-order valence-corrected chi connectivity index (χ0v) is 15.3. The summed E-state index contributed by atoms with van der Waals surface area (Å²) in [6.45, 7) is 0. The second-order valence-corrected chi connectivity index (χ2v) is 6.37. The first kappa shape index (κ1) is 20.0. The minimum Gasteiger partial charge on any atom is -0.393 e. The highest BCUT2D eigenvalue weighted by Crippen LogP contribution is 2.37. The molecule has 0 aliphatic rings. The molecule has 0 saturated heterocycles. The number of anilines is 5. The maximum Gasteiger partial charge on any atom is 0.417 e. The van der Waals surface area contributed by atoms with Gasteiger partial charge in [0.1, 0.15) is 17.8 Å². The monoisotopic (exact) mass is 431 g/mol.